The number of hydrogen-bond acceptors (Lipinski definition) is 4. The molecule has 2 N–H and O–H groups in total. The van der Waals surface area contributed by atoms with Crippen LogP contribution in [0.25, 0.3) is 21.9 Å². The van der Waals surface area contributed by atoms with Crippen LogP contribution in [0.15, 0.2) is 60.7 Å². The van der Waals surface area contributed by atoms with Gasteiger partial charge >= 0.3 is 6.36 Å². The highest BCUT2D eigenvalue weighted by Crippen LogP contribution is 2.38. The summed E-state index contributed by atoms with van der Waals surface area (Å²) in [4.78, 5) is 14.3. The zero-order chi connectivity index (χ0) is 21.7. The lowest BCUT2D eigenvalue weighted by Crippen LogP contribution is -2.36. The minimum absolute atomic E-state index is 0.0533. The molecule has 0 saturated carbocycles. The summed E-state index contributed by atoms with van der Waals surface area (Å²) in [6, 6.07) is 15.8. The molecule has 0 aliphatic heterocycles. The molecule has 0 heterocycles. The molecule has 0 unspecified atom stereocenters. The van der Waals surface area contributed by atoms with Gasteiger partial charge in [0.05, 0.1) is 13.2 Å². The molecule has 3 aromatic rings. The van der Waals surface area contributed by atoms with Gasteiger partial charge in [-0.15, -0.1) is 13.2 Å². The van der Waals surface area contributed by atoms with Gasteiger partial charge in [-0.25, -0.2) is 0 Å². The van der Waals surface area contributed by atoms with Gasteiger partial charge in [-0.1, -0.05) is 48.5 Å². The van der Waals surface area contributed by atoms with E-state index < -0.39 is 6.36 Å². The van der Waals surface area contributed by atoms with Gasteiger partial charge in [-0.2, -0.15) is 0 Å². The van der Waals surface area contributed by atoms with E-state index in [0.717, 1.165) is 0 Å². The van der Waals surface area contributed by atoms with E-state index in [1.165, 1.54) is 29.2 Å². The lowest BCUT2D eigenvalue weighted by molar-refractivity contribution is -0.274. The summed E-state index contributed by atoms with van der Waals surface area (Å²) in [5, 5.41) is 19.5. The van der Waals surface area contributed by atoms with E-state index in [4.69, 9.17) is 0 Å². The maximum Gasteiger partial charge on any atom is 0.573 e. The summed E-state index contributed by atoms with van der Waals surface area (Å²) in [5.41, 5.74) is 1.05. The van der Waals surface area contributed by atoms with Crippen LogP contribution in [0.3, 0.4) is 0 Å². The van der Waals surface area contributed by atoms with Crippen molar-refractivity contribution in [2.24, 2.45) is 0 Å². The maximum absolute atomic E-state index is 13.0. The van der Waals surface area contributed by atoms with Crippen LogP contribution in [0, 0.1) is 0 Å². The monoisotopic (exact) mass is 419 g/mol. The zero-order valence-corrected chi connectivity index (χ0v) is 15.9. The molecule has 0 aliphatic rings. The third-order valence-electron chi connectivity index (χ3n) is 4.58. The highest BCUT2D eigenvalue weighted by atomic mass is 19.4. The third kappa shape index (κ3) is 4.72. The molecule has 0 atom stereocenters. The van der Waals surface area contributed by atoms with Gasteiger partial charge in [0.1, 0.15) is 5.75 Å². The number of nitrogens with zero attached hydrogens (tertiary/aromatic N) is 1. The van der Waals surface area contributed by atoms with Crippen LogP contribution in [0.2, 0.25) is 0 Å². The number of rotatable bonds is 7. The highest BCUT2D eigenvalue weighted by molar-refractivity contribution is 6.11. The van der Waals surface area contributed by atoms with Crippen molar-refractivity contribution in [2.45, 2.75) is 6.36 Å². The van der Waals surface area contributed by atoms with Crippen molar-refractivity contribution < 1.29 is 32.9 Å². The Hall–Kier alpha value is -3.10. The fraction of sp³-hybridized carbons (Fsp3) is 0.227. The van der Waals surface area contributed by atoms with E-state index in [1.807, 2.05) is 0 Å². The van der Waals surface area contributed by atoms with Crippen LogP contribution >= 0.6 is 0 Å². The first-order chi connectivity index (χ1) is 14.4. The van der Waals surface area contributed by atoms with Crippen LogP contribution in [-0.2, 0) is 0 Å². The molecular weight excluding hydrogens is 399 g/mol. The molecule has 8 heteroatoms. The number of halogens is 3. The molecular formula is C22H20F3NO4. The number of alkyl halides is 3. The van der Waals surface area contributed by atoms with Gasteiger partial charge in [-0.3, -0.25) is 4.79 Å². The largest absolute Gasteiger partial charge is 0.573 e. The average molecular weight is 419 g/mol. The number of fused-ring (bicyclic) bond motifs is 1. The van der Waals surface area contributed by atoms with E-state index in [1.54, 1.807) is 36.4 Å². The third-order valence-corrected chi connectivity index (χ3v) is 4.58. The number of carbonyl (C=O) groups is 1. The Morgan fingerprint density at radius 1 is 0.833 bits per heavy atom. The molecule has 3 aromatic carbocycles. The van der Waals surface area contributed by atoms with E-state index in [9.17, 15) is 28.2 Å². The van der Waals surface area contributed by atoms with Gasteiger partial charge in [0.25, 0.3) is 5.91 Å². The zero-order valence-electron chi connectivity index (χ0n) is 15.9. The van der Waals surface area contributed by atoms with E-state index >= 15 is 0 Å². The van der Waals surface area contributed by atoms with Gasteiger partial charge in [0.2, 0.25) is 0 Å². The minimum atomic E-state index is -4.84. The minimum Gasteiger partial charge on any atom is -0.405 e. The van der Waals surface area contributed by atoms with Gasteiger partial charge in [-0.05, 0) is 28.5 Å². The second kappa shape index (κ2) is 9.15. The summed E-state index contributed by atoms with van der Waals surface area (Å²) in [5.74, 6) is -0.725. The first-order valence-corrected chi connectivity index (χ1v) is 9.23. The molecule has 5 nitrogen and oxygen atoms in total. The molecule has 0 spiro atoms. The highest BCUT2D eigenvalue weighted by Gasteiger charge is 2.32. The van der Waals surface area contributed by atoms with Gasteiger partial charge in [0, 0.05) is 24.2 Å². The summed E-state index contributed by atoms with van der Waals surface area (Å²) in [6.45, 7) is -0.413. The van der Waals surface area contributed by atoms with Crippen molar-refractivity contribution in [3.8, 4) is 16.9 Å². The fourth-order valence-electron chi connectivity index (χ4n) is 3.35. The average Bonchev–Trinajstić information content (AvgIpc) is 2.72. The number of amides is 1. The quantitative estimate of drug-likeness (QED) is 0.611. The first-order valence-electron chi connectivity index (χ1n) is 9.23. The molecule has 0 aliphatic carbocycles. The van der Waals surface area contributed by atoms with Gasteiger partial charge < -0.3 is 19.8 Å². The van der Waals surface area contributed by atoms with Crippen molar-refractivity contribution in [1.82, 2.24) is 4.90 Å². The number of benzene rings is 3. The Balaban J connectivity index is 2.14. The van der Waals surface area contributed by atoms with Crippen LogP contribution in [-0.4, -0.2) is 53.7 Å². The summed E-state index contributed by atoms with van der Waals surface area (Å²) < 4.78 is 42.7. The summed E-state index contributed by atoms with van der Waals surface area (Å²) in [7, 11) is 0. The molecule has 0 aromatic heterocycles. The number of hydrogen-bond donors (Lipinski definition) is 2. The number of carbonyl (C=O) groups excluding carboxylic acids is 1. The van der Waals surface area contributed by atoms with Crippen molar-refractivity contribution in [1.29, 1.82) is 0 Å². The van der Waals surface area contributed by atoms with Crippen molar-refractivity contribution in [3.63, 3.8) is 0 Å². The Kier molecular flexibility index (Phi) is 6.59. The molecule has 0 fully saturated rings. The van der Waals surface area contributed by atoms with E-state index in [-0.39, 0.29) is 43.5 Å². The lowest BCUT2D eigenvalue weighted by Gasteiger charge is -2.22. The number of para-hydroxylation sites is 1. The van der Waals surface area contributed by atoms with Crippen LogP contribution < -0.4 is 4.74 Å². The molecule has 158 valence electrons. The van der Waals surface area contributed by atoms with Crippen molar-refractivity contribution in [3.05, 3.63) is 66.2 Å². The fourth-order valence-corrected chi connectivity index (χ4v) is 3.35. The van der Waals surface area contributed by atoms with Crippen LogP contribution in [0.4, 0.5) is 13.2 Å². The molecule has 0 bridgehead atoms. The van der Waals surface area contributed by atoms with Gasteiger partial charge in [0.15, 0.2) is 0 Å². The maximum atomic E-state index is 13.0. The lowest BCUT2D eigenvalue weighted by atomic mass is 9.94. The van der Waals surface area contributed by atoms with E-state index in [2.05, 4.69) is 4.74 Å². The topological polar surface area (TPSA) is 70.0 Å². The van der Waals surface area contributed by atoms with Crippen molar-refractivity contribution >= 4 is 16.7 Å². The molecule has 1 amide bonds. The second-order valence-electron chi connectivity index (χ2n) is 6.49. The summed E-state index contributed by atoms with van der Waals surface area (Å²) in [6.07, 6.45) is -4.84. The molecule has 3 rings (SSSR count). The first kappa shape index (κ1) is 21.6. The van der Waals surface area contributed by atoms with Crippen LogP contribution in [0.1, 0.15) is 10.4 Å². The smallest absolute Gasteiger partial charge is 0.405 e. The number of aliphatic hydroxyl groups excluding tert-OH is 2. The number of ether oxygens (including phenoxy) is 1. The Labute approximate surface area is 170 Å². The molecule has 30 heavy (non-hydrogen) atoms. The predicted molar refractivity (Wildman–Crippen MR) is 106 cm³/mol. The Morgan fingerprint density at radius 2 is 1.43 bits per heavy atom. The number of aliphatic hydroxyl groups is 2. The van der Waals surface area contributed by atoms with Crippen LogP contribution in [0.5, 0.6) is 5.75 Å². The van der Waals surface area contributed by atoms with E-state index in [0.29, 0.717) is 21.9 Å². The predicted octanol–water partition coefficient (Wildman–Crippen LogP) is 3.83. The Bertz CT molecular complexity index is 1030. The normalized spacial score (nSPS) is 11.5. The standard InChI is InChI=1S/C22H20F3NO4/c23-22(24,25)30-20-8-4-3-7-18(20)17-9-10-19(16-6-2-1-5-15(16)17)21(29)26(11-13-27)12-14-28/h1-10,27-28H,11-14H2. The van der Waals surface area contributed by atoms with Crippen molar-refractivity contribution in [2.75, 3.05) is 26.3 Å². The second-order valence-corrected chi connectivity index (χ2v) is 6.49. The molecule has 0 radical (unpaired) electrons. The Morgan fingerprint density at radius 3 is 2.07 bits per heavy atom. The SMILES string of the molecule is O=C(c1ccc(-c2ccccc2OC(F)(F)F)c2ccccc12)N(CCO)CCO. The molecule has 0 saturated heterocycles. The summed E-state index contributed by atoms with van der Waals surface area (Å²) >= 11 is 0.